The summed E-state index contributed by atoms with van der Waals surface area (Å²) in [5.74, 6) is 1.27. The van der Waals surface area contributed by atoms with Crippen LogP contribution in [0.1, 0.15) is 23.6 Å². The molecule has 1 atom stereocenters. The van der Waals surface area contributed by atoms with E-state index < -0.39 is 0 Å². The molecule has 0 saturated heterocycles. The summed E-state index contributed by atoms with van der Waals surface area (Å²) < 4.78 is 10.6. The van der Waals surface area contributed by atoms with Crippen LogP contribution in [0.25, 0.3) is 10.8 Å². The van der Waals surface area contributed by atoms with Gasteiger partial charge < -0.3 is 20.1 Å². The van der Waals surface area contributed by atoms with Gasteiger partial charge in [0.2, 0.25) is 5.91 Å². The van der Waals surface area contributed by atoms with Gasteiger partial charge in [-0.25, -0.2) is 0 Å². The summed E-state index contributed by atoms with van der Waals surface area (Å²) in [6, 6.07) is 16.0. The van der Waals surface area contributed by atoms with Gasteiger partial charge in [0.15, 0.2) is 11.5 Å². The van der Waals surface area contributed by atoms with E-state index in [1.807, 2.05) is 25.1 Å². The van der Waals surface area contributed by atoms with Gasteiger partial charge in [0, 0.05) is 17.6 Å². The van der Waals surface area contributed by atoms with Crippen LogP contribution in [0.5, 0.6) is 11.5 Å². The first-order chi connectivity index (χ1) is 14.1. The Morgan fingerprint density at radius 3 is 2.52 bits per heavy atom. The predicted molar refractivity (Wildman–Crippen MR) is 116 cm³/mol. The molecule has 3 aromatic carbocycles. The summed E-state index contributed by atoms with van der Waals surface area (Å²) in [6.45, 7) is 2.31. The summed E-state index contributed by atoms with van der Waals surface area (Å²) in [5.41, 5.74) is 4.74. The van der Waals surface area contributed by atoms with Crippen LogP contribution in [0.4, 0.5) is 5.69 Å². The second-order valence-electron chi connectivity index (χ2n) is 7.39. The van der Waals surface area contributed by atoms with Gasteiger partial charge in [-0.15, -0.1) is 0 Å². The fraction of sp³-hybridized carbons (Fsp3) is 0.292. The van der Waals surface area contributed by atoms with Gasteiger partial charge in [-0.05, 0) is 60.0 Å². The zero-order chi connectivity index (χ0) is 20.4. The van der Waals surface area contributed by atoms with Gasteiger partial charge in [0.05, 0.1) is 14.2 Å². The minimum absolute atomic E-state index is 0.0527. The molecular formula is C24H26N2O3. The van der Waals surface area contributed by atoms with Crippen molar-refractivity contribution in [3.05, 3.63) is 65.2 Å². The van der Waals surface area contributed by atoms with E-state index in [9.17, 15) is 4.79 Å². The zero-order valence-electron chi connectivity index (χ0n) is 17.0. The van der Waals surface area contributed by atoms with Gasteiger partial charge >= 0.3 is 0 Å². The topological polar surface area (TPSA) is 59.6 Å². The molecule has 150 valence electrons. The number of aryl methyl sites for hydroxylation is 2. The first-order valence-corrected chi connectivity index (χ1v) is 9.89. The maximum Gasteiger partial charge on any atom is 0.242 e. The lowest BCUT2D eigenvalue weighted by molar-refractivity contribution is -0.121. The molecule has 0 saturated carbocycles. The number of benzene rings is 3. The van der Waals surface area contributed by atoms with E-state index in [-0.39, 0.29) is 11.9 Å². The average molecular weight is 390 g/mol. The average Bonchev–Trinajstić information content (AvgIpc) is 3.18. The highest BCUT2D eigenvalue weighted by Gasteiger charge is 2.18. The summed E-state index contributed by atoms with van der Waals surface area (Å²) in [6.07, 6.45) is 2.19. The number of carbonyl (C=O) groups is 1. The van der Waals surface area contributed by atoms with Crippen molar-refractivity contribution in [2.24, 2.45) is 0 Å². The monoisotopic (exact) mass is 390 g/mol. The molecule has 0 fully saturated rings. The van der Waals surface area contributed by atoms with Gasteiger partial charge in [0.1, 0.15) is 6.04 Å². The van der Waals surface area contributed by atoms with E-state index in [1.54, 1.807) is 14.2 Å². The number of rotatable bonds is 7. The number of carbonyl (C=O) groups excluding carboxylic acids is 1. The Morgan fingerprint density at radius 2 is 1.76 bits per heavy atom. The van der Waals surface area contributed by atoms with Crippen LogP contribution in [-0.4, -0.2) is 26.2 Å². The molecule has 0 aromatic heterocycles. The molecule has 5 nitrogen and oxygen atoms in total. The van der Waals surface area contributed by atoms with Crippen molar-refractivity contribution < 1.29 is 14.3 Å². The number of anilines is 1. The number of nitrogens with one attached hydrogen (secondary N) is 2. The Morgan fingerprint density at radius 1 is 1.00 bits per heavy atom. The van der Waals surface area contributed by atoms with Crippen LogP contribution in [0.15, 0.2) is 48.5 Å². The zero-order valence-corrected chi connectivity index (χ0v) is 17.0. The van der Waals surface area contributed by atoms with Crippen LogP contribution in [0, 0.1) is 0 Å². The first-order valence-electron chi connectivity index (χ1n) is 9.89. The van der Waals surface area contributed by atoms with Crippen molar-refractivity contribution >= 4 is 22.4 Å². The largest absolute Gasteiger partial charge is 0.493 e. The standard InChI is InChI=1S/C24H26N2O3/c1-15(24(27)25-14-16-7-12-21(28-2)22(13-16)29-3)26-20-11-10-18-9-8-17-5-4-6-19(20)23(17)18/h4-7,10-13,15,26H,8-9,14H2,1-3H3,(H,25,27). The van der Waals surface area contributed by atoms with Crippen molar-refractivity contribution in [1.82, 2.24) is 5.32 Å². The molecule has 4 rings (SSSR count). The molecule has 2 N–H and O–H groups in total. The quantitative estimate of drug-likeness (QED) is 0.638. The van der Waals surface area contributed by atoms with Crippen LogP contribution in [-0.2, 0) is 24.2 Å². The SMILES string of the molecule is COc1ccc(CNC(=O)C(C)Nc2ccc3c4c(cccc24)CC3)cc1OC. The van der Waals surface area contributed by atoms with Gasteiger partial charge in [-0.3, -0.25) is 4.79 Å². The molecule has 1 amide bonds. The van der Waals surface area contributed by atoms with Crippen LogP contribution in [0.3, 0.4) is 0 Å². The third-order valence-corrected chi connectivity index (χ3v) is 5.56. The maximum absolute atomic E-state index is 12.7. The molecule has 1 unspecified atom stereocenters. The molecule has 0 heterocycles. The fourth-order valence-electron chi connectivity index (χ4n) is 4.00. The molecule has 0 spiro atoms. The van der Waals surface area contributed by atoms with Crippen LogP contribution >= 0.6 is 0 Å². The smallest absolute Gasteiger partial charge is 0.242 e. The van der Waals surface area contributed by atoms with Crippen LogP contribution < -0.4 is 20.1 Å². The lowest BCUT2D eigenvalue weighted by Crippen LogP contribution is -2.37. The van der Waals surface area contributed by atoms with Gasteiger partial charge in [0.25, 0.3) is 0 Å². The molecular weight excluding hydrogens is 364 g/mol. The van der Waals surface area contributed by atoms with Crippen LogP contribution in [0.2, 0.25) is 0 Å². The minimum atomic E-state index is -0.353. The lowest BCUT2D eigenvalue weighted by atomic mass is 10.0. The van der Waals surface area contributed by atoms with E-state index in [4.69, 9.17) is 9.47 Å². The Bertz CT molecular complexity index is 1050. The third-order valence-electron chi connectivity index (χ3n) is 5.56. The predicted octanol–water partition coefficient (Wildman–Crippen LogP) is 4.07. The Kier molecular flexibility index (Phi) is 5.30. The fourth-order valence-corrected chi connectivity index (χ4v) is 4.00. The minimum Gasteiger partial charge on any atom is -0.493 e. The molecule has 0 aliphatic heterocycles. The van der Waals surface area contributed by atoms with Crippen molar-refractivity contribution in [2.75, 3.05) is 19.5 Å². The Labute approximate surface area is 171 Å². The normalized spacial score (nSPS) is 13.2. The van der Waals surface area contributed by atoms with E-state index >= 15 is 0 Å². The number of methoxy groups -OCH3 is 2. The number of amides is 1. The number of ether oxygens (including phenoxy) is 2. The van der Waals surface area contributed by atoms with Gasteiger partial charge in [-0.1, -0.05) is 30.3 Å². The second kappa shape index (κ2) is 8.03. The van der Waals surface area contributed by atoms with Crippen molar-refractivity contribution in [3.63, 3.8) is 0 Å². The van der Waals surface area contributed by atoms with Crippen molar-refractivity contribution in [2.45, 2.75) is 32.4 Å². The van der Waals surface area contributed by atoms with E-state index in [2.05, 4.69) is 41.0 Å². The van der Waals surface area contributed by atoms with E-state index in [1.165, 1.54) is 21.9 Å². The molecule has 0 bridgehead atoms. The highest BCUT2D eigenvalue weighted by Crippen LogP contribution is 2.35. The highest BCUT2D eigenvalue weighted by atomic mass is 16.5. The van der Waals surface area contributed by atoms with Gasteiger partial charge in [-0.2, -0.15) is 0 Å². The highest BCUT2D eigenvalue weighted by molar-refractivity contribution is 6.00. The number of hydrogen-bond donors (Lipinski definition) is 2. The molecule has 0 radical (unpaired) electrons. The summed E-state index contributed by atoms with van der Waals surface area (Å²) in [4.78, 5) is 12.7. The number of hydrogen-bond acceptors (Lipinski definition) is 4. The summed E-state index contributed by atoms with van der Waals surface area (Å²) in [5, 5.41) is 8.92. The second-order valence-corrected chi connectivity index (χ2v) is 7.39. The van der Waals surface area contributed by atoms with Crippen molar-refractivity contribution in [3.8, 4) is 11.5 Å². The van der Waals surface area contributed by atoms with Crippen molar-refractivity contribution in [1.29, 1.82) is 0 Å². The Balaban J connectivity index is 1.44. The molecule has 1 aliphatic rings. The summed E-state index contributed by atoms with van der Waals surface area (Å²) >= 11 is 0. The molecule has 29 heavy (non-hydrogen) atoms. The Hall–Kier alpha value is -3.21. The molecule has 3 aromatic rings. The molecule has 1 aliphatic carbocycles. The maximum atomic E-state index is 12.7. The first kappa shape index (κ1) is 19.1. The summed E-state index contributed by atoms with van der Waals surface area (Å²) in [7, 11) is 3.21. The van der Waals surface area contributed by atoms with E-state index in [0.717, 1.165) is 24.1 Å². The van der Waals surface area contributed by atoms with E-state index in [0.29, 0.717) is 18.0 Å². The lowest BCUT2D eigenvalue weighted by Gasteiger charge is -2.18. The molecule has 5 heteroatoms. The third kappa shape index (κ3) is 3.73.